The number of rotatable bonds is 10. The lowest BCUT2D eigenvalue weighted by Crippen LogP contribution is -2.43. The van der Waals surface area contributed by atoms with Crippen LogP contribution in [0.1, 0.15) is 6.42 Å². The van der Waals surface area contributed by atoms with Crippen LogP contribution in [0.5, 0.6) is 0 Å². The molecular weight excluding hydrogens is 474 g/mol. The highest BCUT2D eigenvalue weighted by Crippen LogP contribution is 2.36. The minimum Gasteiger partial charge on any atom is -0.457 e. The van der Waals surface area contributed by atoms with Crippen LogP contribution in [0.2, 0.25) is 0 Å². The SMILES string of the molecule is C=CC(=O)OCC[N+](C)(C)CCCOC.O=S(=O)([N-]S(=O)(=O)C(F)(F)F)C(F)(F)F. The number of hydrogen-bond acceptors (Lipinski definition) is 7. The van der Waals surface area contributed by atoms with Gasteiger partial charge in [0.25, 0.3) is 0 Å². The van der Waals surface area contributed by atoms with Gasteiger partial charge < -0.3 is 18.1 Å². The van der Waals surface area contributed by atoms with E-state index in [0.29, 0.717) is 6.61 Å². The van der Waals surface area contributed by atoms with E-state index in [1.807, 2.05) is 0 Å². The quantitative estimate of drug-likeness (QED) is 0.149. The summed E-state index contributed by atoms with van der Waals surface area (Å²) in [4.78, 5) is 10.8. The third-order valence-electron chi connectivity index (χ3n) is 3.00. The Hall–Kier alpha value is -1.43. The molecule has 0 fully saturated rings. The van der Waals surface area contributed by atoms with Crippen molar-refractivity contribution in [3.8, 4) is 0 Å². The van der Waals surface area contributed by atoms with Crippen molar-refractivity contribution in [2.45, 2.75) is 17.4 Å². The molecule has 0 heterocycles. The number of halogens is 6. The minimum atomic E-state index is -6.72. The van der Waals surface area contributed by atoms with Crippen molar-refractivity contribution in [1.82, 2.24) is 0 Å². The first-order valence-electron chi connectivity index (χ1n) is 7.69. The highest BCUT2D eigenvalue weighted by atomic mass is 32.3. The van der Waals surface area contributed by atoms with E-state index in [1.54, 1.807) is 7.11 Å². The van der Waals surface area contributed by atoms with Gasteiger partial charge in [-0.2, -0.15) is 26.3 Å². The van der Waals surface area contributed by atoms with E-state index in [9.17, 15) is 48.0 Å². The molecule has 0 spiro atoms. The summed E-state index contributed by atoms with van der Waals surface area (Å²) in [6.07, 6.45) is 2.20. The van der Waals surface area contributed by atoms with E-state index in [0.717, 1.165) is 34.7 Å². The zero-order valence-corrected chi connectivity index (χ0v) is 17.8. The summed E-state index contributed by atoms with van der Waals surface area (Å²) >= 11 is 0. The third kappa shape index (κ3) is 12.3. The number of ether oxygens (including phenoxy) is 2. The summed E-state index contributed by atoms with van der Waals surface area (Å²) in [5, 5.41) is 0. The van der Waals surface area contributed by atoms with Crippen molar-refractivity contribution in [1.29, 1.82) is 0 Å². The average Bonchev–Trinajstić information content (AvgIpc) is 2.52. The van der Waals surface area contributed by atoms with Gasteiger partial charge in [-0.1, -0.05) is 6.58 Å². The third-order valence-corrected chi connectivity index (χ3v) is 5.74. The molecule has 0 aliphatic heterocycles. The van der Waals surface area contributed by atoms with E-state index in [1.165, 1.54) is 6.08 Å². The first-order chi connectivity index (χ1) is 13.2. The molecule has 0 aromatic heterocycles. The van der Waals surface area contributed by atoms with E-state index >= 15 is 0 Å². The van der Waals surface area contributed by atoms with Crippen LogP contribution in [0.25, 0.3) is 4.13 Å². The fourth-order valence-corrected chi connectivity index (χ4v) is 3.12. The van der Waals surface area contributed by atoms with E-state index < -0.39 is 31.1 Å². The molecule has 0 aliphatic rings. The van der Waals surface area contributed by atoms with Crippen molar-refractivity contribution >= 4 is 26.0 Å². The Labute approximate surface area is 170 Å². The molecule has 0 unspecified atom stereocenters. The summed E-state index contributed by atoms with van der Waals surface area (Å²) in [6, 6.07) is 0. The van der Waals surface area contributed by atoms with Gasteiger partial charge in [0.1, 0.15) is 13.2 Å². The van der Waals surface area contributed by atoms with Crippen molar-refractivity contribution in [2.75, 3.05) is 47.5 Å². The Balaban J connectivity index is 0. The van der Waals surface area contributed by atoms with Crippen LogP contribution in [0.3, 0.4) is 0 Å². The number of methoxy groups -OCH3 is 1. The lowest BCUT2D eigenvalue weighted by molar-refractivity contribution is -0.890. The minimum absolute atomic E-state index is 0.355. The number of hydrogen-bond donors (Lipinski definition) is 0. The second-order valence-electron chi connectivity index (χ2n) is 6.02. The monoisotopic (exact) mass is 496 g/mol. The highest BCUT2D eigenvalue weighted by Gasteiger charge is 2.46. The summed E-state index contributed by atoms with van der Waals surface area (Å²) in [5.41, 5.74) is -12.4. The standard InChI is InChI=1S/C11H22NO3.C2F6NO4S2/c1-5-11(13)15-10-8-12(2,3)7-6-9-14-4;3-1(4,5)14(10,11)9-15(12,13)2(6,7)8/h5H,1,6-10H2,2-4H3;/q+1;-1. The number of quaternary nitrogens is 1. The summed E-state index contributed by atoms with van der Waals surface area (Å²) in [7, 11) is -7.53. The van der Waals surface area contributed by atoms with Gasteiger partial charge in [-0.05, 0) is 0 Å². The van der Waals surface area contributed by atoms with Gasteiger partial charge in [0.2, 0.25) is 0 Å². The molecule has 9 nitrogen and oxygen atoms in total. The Kier molecular flexibility index (Phi) is 12.1. The maximum absolute atomic E-state index is 11.4. The molecule has 0 bridgehead atoms. The topological polar surface area (TPSA) is 118 Å². The largest absolute Gasteiger partial charge is 0.480 e. The number of likely N-dealkylation sites (N-methyl/N-ethyl adjacent to an activating group) is 1. The maximum atomic E-state index is 11.4. The van der Waals surface area contributed by atoms with E-state index in [4.69, 9.17) is 9.47 Å². The molecule has 0 saturated heterocycles. The molecule has 0 saturated carbocycles. The van der Waals surface area contributed by atoms with Gasteiger partial charge >= 0.3 is 17.0 Å². The van der Waals surface area contributed by atoms with E-state index in [2.05, 4.69) is 20.7 Å². The molecule has 180 valence electrons. The second kappa shape index (κ2) is 11.8. The number of sulfonamides is 2. The molecule has 0 aromatic carbocycles. The normalized spacial score (nSPS) is 13.2. The molecule has 0 radical (unpaired) electrons. The molecule has 0 rings (SSSR count). The molecule has 17 heteroatoms. The van der Waals surface area contributed by atoms with Crippen molar-refractivity contribution < 1.29 is 61.9 Å². The van der Waals surface area contributed by atoms with Crippen molar-refractivity contribution in [2.24, 2.45) is 0 Å². The number of esters is 1. The zero-order chi connectivity index (χ0) is 24.4. The van der Waals surface area contributed by atoms with Crippen LogP contribution >= 0.6 is 0 Å². The van der Waals surface area contributed by atoms with Gasteiger partial charge in [0.05, 0.1) is 27.2 Å². The molecule has 0 atom stereocenters. The Morgan fingerprint density at radius 3 is 1.73 bits per heavy atom. The van der Waals surface area contributed by atoms with Crippen molar-refractivity contribution in [3.05, 3.63) is 16.8 Å². The van der Waals surface area contributed by atoms with Gasteiger partial charge in [-0.3, -0.25) is 0 Å². The fraction of sp³-hybridized carbons (Fsp3) is 0.769. The number of carbonyl (C=O) groups is 1. The first-order valence-corrected chi connectivity index (χ1v) is 10.6. The first kappa shape index (κ1) is 30.8. The fourth-order valence-electron chi connectivity index (χ4n) is 1.41. The van der Waals surface area contributed by atoms with Crippen LogP contribution in [0.15, 0.2) is 12.7 Å². The van der Waals surface area contributed by atoms with Gasteiger partial charge in [-0.25, -0.2) is 21.6 Å². The smallest absolute Gasteiger partial charge is 0.457 e. The molecule has 0 N–H and O–H groups in total. The van der Waals surface area contributed by atoms with Gasteiger partial charge in [0, 0.05) is 19.6 Å². The van der Waals surface area contributed by atoms with Crippen LogP contribution in [-0.4, -0.2) is 85.8 Å². The molecule has 0 amide bonds. The molecule has 30 heavy (non-hydrogen) atoms. The Morgan fingerprint density at radius 2 is 1.40 bits per heavy atom. The average molecular weight is 496 g/mol. The maximum Gasteiger partial charge on any atom is 0.480 e. The summed E-state index contributed by atoms with van der Waals surface area (Å²) < 4.78 is 120. The highest BCUT2D eigenvalue weighted by molar-refractivity contribution is 8.13. The number of carbonyl (C=O) groups excluding carboxylic acids is 1. The molecular formula is C13H22F6N2O7S2. The van der Waals surface area contributed by atoms with E-state index in [-0.39, 0.29) is 5.97 Å². The van der Waals surface area contributed by atoms with Crippen LogP contribution in [-0.2, 0) is 34.3 Å². The van der Waals surface area contributed by atoms with Crippen LogP contribution < -0.4 is 0 Å². The molecule has 0 aliphatic carbocycles. The summed E-state index contributed by atoms with van der Waals surface area (Å²) in [5.74, 6) is -0.355. The van der Waals surface area contributed by atoms with Crippen molar-refractivity contribution in [3.63, 3.8) is 0 Å². The summed E-state index contributed by atoms with van der Waals surface area (Å²) in [6.45, 7) is 6.37. The molecule has 0 aromatic rings. The van der Waals surface area contributed by atoms with Gasteiger partial charge in [-0.15, -0.1) is 0 Å². The lowest BCUT2D eigenvalue weighted by Gasteiger charge is -2.29. The number of nitrogens with zero attached hydrogens (tertiary/aromatic N) is 2. The second-order valence-corrected chi connectivity index (χ2v) is 9.44. The van der Waals surface area contributed by atoms with Crippen LogP contribution in [0, 0.1) is 0 Å². The zero-order valence-electron chi connectivity index (χ0n) is 16.2. The predicted molar refractivity (Wildman–Crippen MR) is 92.8 cm³/mol. The van der Waals surface area contributed by atoms with Crippen LogP contribution in [0.4, 0.5) is 26.3 Å². The number of alkyl halides is 6. The lowest BCUT2D eigenvalue weighted by atomic mass is 10.3. The van der Waals surface area contributed by atoms with Gasteiger partial charge in [0.15, 0.2) is 20.0 Å². The Bertz CT molecular complexity index is 720. The Morgan fingerprint density at radius 1 is 0.967 bits per heavy atom. The predicted octanol–water partition coefficient (Wildman–Crippen LogP) is 1.89.